The number of hydrogen-bond acceptors (Lipinski definition) is 6. The van der Waals surface area contributed by atoms with Crippen LogP contribution in [-0.4, -0.2) is 51.8 Å². The summed E-state index contributed by atoms with van der Waals surface area (Å²) in [6.07, 6.45) is 1.53. The van der Waals surface area contributed by atoms with Gasteiger partial charge in [0.2, 0.25) is 5.91 Å². The summed E-state index contributed by atoms with van der Waals surface area (Å²) in [4.78, 5) is 31.0. The normalized spacial score (nSPS) is 14.6. The number of rotatable bonds is 4. The van der Waals surface area contributed by atoms with Crippen LogP contribution in [0, 0.1) is 5.82 Å². The molecule has 3 heterocycles. The van der Waals surface area contributed by atoms with Crippen LogP contribution in [0.25, 0.3) is 22.4 Å². The van der Waals surface area contributed by atoms with E-state index in [2.05, 4.69) is 10.1 Å². The Hall–Kier alpha value is -3.07. The summed E-state index contributed by atoms with van der Waals surface area (Å²) in [5, 5.41) is 4.11. The van der Waals surface area contributed by atoms with Gasteiger partial charge in [-0.25, -0.2) is 9.37 Å². The van der Waals surface area contributed by atoms with Crippen molar-refractivity contribution in [3.05, 3.63) is 46.8 Å². The first-order valence-corrected chi connectivity index (χ1v) is 8.60. The van der Waals surface area contributed by atoms with Gasteiger partial charge in [0, 0.05) is 31.6 Å². The molecule has 1 aliphatic heterocycles. The molecule has 27 heavy (non-hydrogen) atoms. The third-order valence-electron chi connectivity index (χ3n) is 4.51. The number of hydrogen-bond donors (Lipinski definition) is 0. The number of benzene rings is 1. The molecule has 2 aromatic heterocycles. The summed E-state index contributed by atoms with van der Waals surface area (Å²) in [5.41, 5.74) is 0.609. The Morgan fingerprint density at radius 2 is 1.93 bits per heavy atom. The quantitative estimate of drug-likeness (QED) is 0.688. The van der Waals surface area contributed by atoms with Crippen LogP contribution in [0.2, 0.25) is 0 Å². The summed E-state index contributed by atoms with van der Waals surface area (Å²) in [6.45, 7) is 2.38. The molecular weight excluding hydrogens is 355 g/mol. The number of ether oxygens (including phenoxy) is 1. The zero-order chi connectivity index (χ0) is 18.8. The Balaban J connectivity index is 1.60. The Morgan fingerprint density at radius 1 is 1.19 bits per heavy atom. The van der Waals surface area contributed by atoms with Gasteiger partial charge in [0.25, 0.3) is 11.3 Å². The molecule has 1 fully saturated rings. The van der Waals surface area contributed by atoms with Crippen LogP contribution in [0.15, 0.2) is 39.9 Å². The molecule has 1 aromatic carbocycles. The van der Waals surface area contributed by atoms with Crippen LogP contribution in [0.5, 0.6) is 0 Å². The number of nitrogens with zero attached hydrogens (tertiary/aromatic N) is 4. The molecule has 0 atom stereocenters. The first-order chi connectivity index (χ1) is 13.1. The molecule has 1 aliphatic rings. The summed E-state index contributed by atoms with van der Waals surface area (Å²) >= 11 is 0. The number of halogens is 1. The smallest absolute Gasteiger partial charge is 0.266 e. The van der Waals surface area contributed by atoms with Gasteiger partial charge in [0.1, 0.15) is 23.2 Å². The lowest BCUT2D eigenvalue weighted by Crippen LogP contribution is -2.41. The maximum atomic E-state index is 13.1. The van der Waals surface area contributed by atoms with Gasteiger partial charge >= 0.3 is 0 Å². The van der Waals surface area contributed by atoms with E-state index in [1.807, 2.05) is 0 Å². The first-order valence-electron chi connectivity index (χ1n) is 8.60. The minimum atomic E-state index is -0.385. The molecule has 4 rings (SSSR count). The monoisotopic (exact) mass is 372 g/mol. The van der Waals surface area contributed by atoms with Gasteiger partial charge in [-0.15, -0.1) is 0 Å². The maximum Gasteiger partial charge on any atom is 0.266 e. The van der Waals surface area contributed by atoms with Crippen molar-refractivity contribution in [1.29, 1.82) is 0 Å². The third kappa shape index (κ3) is 3.45. The fourth-order valence-electron chi connectivity index (χ4n) is 3.03. The van der Waals surface area contributed by atoms with Gasteiger partial charge in [0.15, 0.2) is 0 Å². The molecule has 0 unspecified atom stereocenters. The molecule has 0 N–H and O–H groups in total. The SMILES string of the molecule is O=C(CCn1cnc2onc(-c3ccc(F)cc3)c2c1=O)N1CCOCC1. The second-order valence-corrected chi connectivity index (χ2v) is 6.20. The number of aromatic nitrogens is 3. The van der Waals surface area contributed by atoms with Crippen LogP contribution in [-0.2, 0) is 16.1 Å². The van der Waals surface area contributed by atoms with Crippen molar-refractivity contribution in [2.75, 3.05) is 26.3 Å². The van der Waals surface area contributed by atoms with E-state index >= 15 is 0 Å². The number of fused-ring (bicyclic) bond motifs is 1. The van der Waals surface area contributed by atoms with Crippen molar-refractivity contribution in [3.63, 3.8) is 0 Å². The molecule has 0 spiro atoms. The van der Waals surface area contributed by atoms with Crippen LogP contribution < -0.4 is 5.56 Å². The minimum Gasteiger partial charge on any atom is -0.378 e. The van der Waals surface area contributed by atoms with Crippen LogP contribution >= 0.6 is 0 Å². The van der Waals surface area contributed by atoms with Crippen molar-refractivity contribution >= 4 is 17.0 Å². The minimum absolute atomic E-state index is 0.0330. The first kappa shape index (κ1) is 17.3. The summed E-state index contributed by atoms with van der Waals surface area (Å²) in [6, 6.07) is 5.61. The molecule has 0 bridgehead atoms. The van der Waals surface area contributed by atoms with Gasteiger partial charge in [-0.2, -0.15) is 0 Å². The molecule has 8 nitrogen and oxygen atoms in total. The van der Waals surface area contributed by atoms with Gasteiger partial charge in [-0.1, -0.05) is 5.16 Å². The van der Waals surface area contributed by atoms with Crippen molar-refractivity contribution in [1.82, 2.24) is 19.6 Å². The van der Waals surface area contributed by atoms with Crippen LogP contribution in [0.1, 0.15) is 6.42 Å². The fraction of sp³-hybridized carbons (Fsp3) is 0.333. The van der Waals surface area contributed by atoms with Crippen molar-refractivity contribution in [2.24, 2.45) is 0 Å². The average molecular weight is 372 g/mol. The summed E-state index contributed by atoms with van der Waals surface area (Å²) in [7, 11) is 0. The molecule has 9 heteroatoms. The molecule has 3 aromatic rings. The van der Waals surface area contributed by atoms with Gasteiger partial charge in [0.05, 0.1) is 13.2 Å². The standard InChI is InChI=1S/C18H17FN4O4/c19-13-3-1-12(2-4-13)16-15-17(27-21-16)20-11-23(18(15)25)6-5-14(24)22-7-9-26-10-8-22/h1-4,11H,5-10H2. The van der Waals surface area contributed by atoms with Crippen molar-refractivity contribution in [3.8, 4) is 11.3 Å². The number of amides is 1. The predicted octanol–water partition coefficient (Wildman–Crippen LogP) is 1.44. The lowest BCUT2D eigenvalue weighted by Gasteiger charge is -2.26. The van der Waals surface area contributed by atoms with E-state index in [0.717, 1.165) is 0 Å². The highest BCUT2D eigenvalue weighted by Crippen LogP contribution is 2.24. The van der Waals surface area contributed by atoms with Gasteiger partial charge < -0.3 is 14.2 Å². The zero-order valence-corrected chi connectivity index (χ0v) is 14.4. The zero-order valence-electron chi connectivity index (χ0n) is 14.4. The number of morpholine rings is 1. The lowest BCUT2D eigenvalue weighted by molar-refractivity contribution is -0.135. The maximum absolute atomic E-state index is 13.1. The van der Waals surface area contributed by atoms with Crippen LogP contribution in [0.4, 0.5) is 4.39 Å². The highest BCUT2D eigenvalue weighted by atomic mass is 19.1. The average Bonchev–Trinajstić information content (AvgIpc) is 3.13. The lowest BCUT2D eigenvalue weighted by atomic mass is 10.1. The highest BCUT2D eigenvalue weighted by molar-refractivity contribution is 5.88. The second-order valence-electron chi connectivity index (χ2n) is 6.20. The van der Waals surface area contributed by atoms with Gasteiger partial charge in [-0.3, -0.25) is 14.2 Å². The molecule has 1 saturated heterocycles. The topological polar surface area (TPSA) is 90.5 Å². The molecular formula is C18H17FN4O4. The summed E-state index contributed by atoms with van der Waals surface area (Å²) < 4.78 is 24.9. The van der Waals surface area contributed by atoms with Crippen LogP contribution in [0.3, 0.4) is 0 Å². The van der Waals surface area contributed by atoms with E-state index in [4.69, 9.17) is 9.26 Å². The molecule has 0 saturated carbocycles. The van der Waals surface area contributed by atoms with Crippen molar-refractivity contribution in [2.45, 2.75) is 13.0 Å². The molecule has 140 valence electrons. The van der Waals surface area contributed by atoms with E-state index in [1.54, 1.807) is 4.90 Å². The largest absolute Gasteiger partial charge is 0.378 e. The van der Waals surface area contributed by atoms with E-state index in [9.17, 15) is 14.0 Å². The highest BCUT2D eigenvalue weighted by Gasteiger charge is 2.19. The third-order valence-corrected chi connectivity index (χ3v) is 4.51. The number of carbonyl (C=O) groups excluding carboxylic acids is 1. The Kier molecular flexibility index (Phi) is 4.68. The number of carbonyl (C=O) groups is 1. The fourth-order valence-corrected chi connectivity index (χ4v) is 3.03. The van der Waals surface area contributed by atoms with Gasteiger partial charge in [-0.05, 0) is 24.3 Å². The molecule has 0 aliphatic carbocycles. The van der Waals surface area contributed by atoms with Crippen molar-refractivity contribution < 1.29 is 18.4 Å². The number of aryl methyl sites for hydroxylation is 1. The summed E-state index contributed by atoms with van der Waals surface area (Å²) in [5.74, 6) is -0.418. The van der Waals surface area contributed by atoms with E-state index in [1.165, 1.54) is 35.2 Å². The second kappa shape index (κ2) is 7.28. The molecule has 1 amide bonds. The Labute approximate surface area is 153 Å². The Morgan fingerprint density at radius 3 is 2.67 bits per heavy atom. The van der Waals surface area contributed by atoms with E-state index in [-0.39, 0.29) is 41.3 Å². The van der Waals surface area contributed by atoms with E-state index in [0.29, 0.717) is 37.6 Å². The molecule has 0 radical (unpaired) electrons. The predicted molar refractivity (Wildman–Crippen MR) is 93.5 cm³/mol. The van der Waals surface area contributed by atoms with E-state index < -0.39 is 0 Å². The Bertz CT molecular complexity index is 1020.